The van der Waals surface area contributed by atoms with Gasteiger partial charge in [0.2, 0.25) is 5.82 Å². The van der Waals surface area contributed by atoms with Gasteiger partial charge in [0.1, 0.15) is 5.82 Å². The first-order valence-electron chi connectivity index (χ1n) is 13.2. The summed E-state index contributed by atoms with van der Waals surface area (Å²) in [5.41, 5.74) is 5.20. The lowest BCUT2D eigenvalue weighted by Crippen LogP contribution is -2.41. The highest BCUT2D eigenvalue weighted by atomic mass is 16.2. The lowest BCUT2D eigenvalue weighted by Gasteiger charge is -2.12. The van der Waals surface area contributed by atoms with Gasteiger partial charge in [-0.3, -0.25) is 13.9 Å². The average molecular weight is 533 g/mol. The number of aryl methyl sites for hydroxylation is 3. The highest BCUT2D eigenvalue weighted by Crippen LogP contribution is 2.30. The van der Waals surface area contributed by atoms with Crippen molar-refractivity contribution in [2.75, 3.05) is 0 Å². The van der Waals surface area contributed by atoms with Gasteiger partial charge in [0.25, 0.3) is 5.56 Å². The first-order chi connectivity index (χ1) is 19.5. The second-order valence-corrected chi connectivity index (χ2v) is 9.61. The third-order valence-electron chi connectivity index (χ3n) is 7.21. The number of rotatable bonds is 8. The third kappa shape index (κ3) is 4.53. The van der Waals surface area contributed by atoms with E-state index in [0.717, 1.165) is 27.8 Å². The molecule has 0 unspecified atom stereocenters. The minimum Gasteiger partial charge on any atom is -0.318 e. The van der Waals surface area contributed by atoms with E-state index >= 15 is 0 Å². The summed E-state index contributed by atoms with van der Waals surface area (Å²) in [6.07, 6.45) is 0.588. The maximum absolute atomic E-state index is 13.7. The Bertz CT molecular complexity index is 1900. The topological polar surface area (TPSA) is 116 Å². The quantitative estimate of drug-likeness (QED) is 0.319. The van der Waals surface area contributed by atoms with Crippen molar-refractivity contribution in [3.05, 3.63) is 117 Å². The molecule has 10 heteroatoms. The average Bonchev–Trinajstić information content (AvgIpc) is 3.63. The van der Waals surface area contributed by atoms with E-state index in [1.165, 1.54) is 4.57 Å². The minimum atomic E-state index is -0.329. The van der Waals surface area contributed by atoms with Crippen molar-refractivity contribution in [2.45, 2.75) is 39.9 Å². The number of hydrogen-bond acceptors (Lipinski definition) is 6. The van der Waals surface area contributed by atoms with Gasteiger partial charge in [0.15, 0.2) is 11.2 Å². The Labute approximate surface area is 229 Å². The Morgan fingerprint density at radius 3 is 2.23 bits per heavy atom. The predicted octanol–water partition coefficient (Wildman–Crippen LogP) is 3.83. The van der Waals surface area contributed by atoms with E-state index in [1.807, 2.05) is 97.3 Å². The molecule has 0 saturated heterocycles. The Morgan fingerprint density at radius 1 is 0.800 bits per heavy atom. The van der Waals surface area contributed by atoms with Crippen LogP contribution in [0.3, 0.4) is 0 Å². The van der Waals surface area contributed by atoms with Gasteiger partial charge in [-0.2, -0.15) is 5.21 Å². The predicted molar refractivity (Wildman–Crippen MR) is 153 cm³/mol. The third-order valence-corrected chi connectivity index (χ3v) is 7.21. The van der Waals surface area contributed by atoms with E-state index in [2.05, 4.69) is 25.6 Å². The molecule has 6 aromatic rings. The fourth-order valence-electron chi connectivity index (χ4n) is 5.14. The minimum absolute atomic E-state index is 0.302. The lowest BCUT2D eigenvalue weighted by atomic mass is 9.98. The number of aromatic amines is 1. The molecule has 40 heavy (non-hydrogen) atoms. The second kappa shape index (κ2) is 10.6. The number of imidazole rings is 1. The lowest BCUT2D eigenvalue weighted by molar-refractivity contribution is 0.578. The maximum atomic E-state index is 13.7. The molecule has 3 aromatic heterocycles. The number of aromatic nitrogens is 8. The Kier molecular flexibility index (Phi) is 6.65. The van der Waals surface area contributed by atoms with Gasteiger partial charge in [-0.15, -0.1) is 10.2 Å². The molecule has 200 valence electrons. The van der Waals surface area contributed by atoms with Crippen molar-refractivity contribution in [2.24, 2.45) is 0 Å². The van der Waals surface area contributed by atoms with Crippen LogP contribution >= 0.6 is 0 Å². The first-order valence-corrected chi connectivity index (χ1v) is 13.2. The van der Waals surface area contributed by atoms with E-state index < -0.39 is 0 Å². The van der Waals surface area contributed by atoms with Gasteiger partial charge in [-0.25, -0.2) is 9.78 Å². The summed E-state index contributed by atoms with van der Waals surface area (Å²) in [4.78, 5) is 31.7. The van der Waals surface area contributed by atoms with Gasteiger partial charge in [-0.05, 0) is 47.7 Å². The number of hydrogen-bond donors (Lipinski definition) is 1. The van der Waals surface area contributed by atoms with Gasteiger partial charge >= 0.3 is 5.69 Å². The monoisotopic (exact) mass is 532 g/mol. The summed E-state index contributed by atoms with van der Waals surface area (Å²) in [5, 5.41) is 14.5. The van der Waals surface area contributed by atoms with Crippen LogP contribution in [0.25, 0.3) is 33.7 Å². The Morgan fingerprint density at radius 2 is 1.52 bits per heavy atom. The molecule has 10 nitrogen and oxygen atoms in total. The molecule has 3 aromatic carbocycles. The zero-order valence-corrected chi connectivity index (χ0v) is 22.3. The summed E-state index contributed by atoms with van der Waals surface area (Å²) in [6.45, 7) is 4.94. The molecule has 0 aliphatic rings. The molecule has 0 aliphatic heterocycles. The number of H-pyrrole nitrogens is 1. The molecule has 0 spiro atoms. The molecule has 0 saturated carbocycles. The van der Waals surface area contributed by atoms with Crippen molar-refractivity contribution in [3.63, 3.8) is 0 Å². The van der Waals surface area contributed by atoms with Crippen molar-refractivity contribution in [1.29, 1.82) is 0 Å². The SMILES string of the molecule is CCn1c(=O)n(CCc2ccccc2)c(=O)c2c1nc(C)n2Cc1ccc(-c2ccccc2-c2nn[nH]n2)cc1. The summed E-state index contributed by atoms with van der Waals surface area (Å²) >= 11 is 0. The highest BCUT2D eigenvalue weighted by Gasteiger charge is 2.20. The molecule has 0 fully saturated rings. The summed E-state index contributed by atoms with van der Waals surface area (Å²) in [5.74, 6) is 1.21. The molecule has 0 aliphatic carbocycles. The van der Waals surface area contributed by atoms with Crippen molar-refractivity contribution >= 4 is 11.2 Å². The molecule has 6 rings (SSSR count). The van der Waals surface area contributed by atoms with Gasteiger partial charge in [0, 0.05) is 25.2 Å². The van der Waals surface area contributed by atoms with Crippen LogP contribution in [-0.2, 0) is 26.1 Å². The van der Waals surface area contributed by atoms with Crippen LogP contribution in [-0.4, -0.2) is 39.3 Å². The fraction of sp³-hybridized carbons (Fsp3) is 0.200. The van der Waals surface area contributed by atoms with E-state index in [1.54, 1.807) is 4.57 Å². The van der Waals surface area contributed by atoms with Crippen LogP contribution in [0.5, 0.6) is 0 Å². The van der Waals surface area contributed by atoms with E-state index in [9.17, 15) is 9.59 Å². The van der Waals surface area contributed by atoms with Crippen LogP contribution in [0.15, 0.2) is 88.5 Å². The smallest absolute Gasteiger partial charge is 0.318 e. The van der Waals surface area contributed by atoms with E-state index in [-0.39, 0.29) is 11.2 Å². The highest BCUT2D eigenvalue weighted by molar-refractivity contribution is 5.80. The van der Waals surface area contributed by atoms with Crippen LogP contribution in [0.1, 0.15) is 23.9 Å². The fourth-order valence-corrected chi connectivity index (χ4v) is 5.14. The molecule has 0 atom stereocenters. The molecule has 0 amide bonds. The van der Waals surface area contributed by atoms with E-state index in [0.29, 0.717) is 48.9 Å². The van der Waals surface area contributed by atoms with Crippen molar-refractivity contribution < 1.29 is 0 Å². The molecule has 1 N–H and O–H groups in total. The van der Waals surface area contributed by atoms with Gasteiger partial charge in [0.05, 0.1) is 0 Å². The molecule has 0 radical (unpaired) electrons. The maximum Gasteiger partial charge on any atom is 0.332 e. The molecule has 0 bridgehead atoms. The standard InChI is InChI=1S/C30H28N8O2/c1-3-36-28-26(29(39)37(30(36)40)18-17-21-9-5-4-6-10-21)38(20(2)31-28)19-22-13-15-23(16-14-22)24-11-7-8-12-25(24)27-32-34-35-33-27/h4-16H,3,17-19H2,1-2H3,(H,32,33,34,35). The van der Waals surface area contributed by atoms with Crippen LogP contribution in [0, 0.1) is 6.92 Å². The number of nitrogens with one attached hydrogen (secondary N) is 1. The van der Waals surface area contributed by atoms with Crippen LogP contribution < -0.4 is 11.2 Å². The van der Waals surface area contributed by atoms with Gasteiger partial charge in [-0.1, -0.05) is 78.9 Å². The van der Waals surface area contributed by atoms with E-state index in [4.69, 9.17) is 0 Å². The molecular formula is C30H28N8O2. The van der Waals surface area contributed by atoms with Crippen molar-refractivity contribution in [3.8, 4) is 22.5 Å². The number of fused-ring (bicyclic) bond motifs is 1. The normalized spacial score (nSPS) is 11.3. The number of tetrazole rings is 1. The largest absolute Gasteiger partial charge is 0.332 e. The summed E-state index contributed by atoms with van der Waals surface area (Å²) in [7, 11) is 0. The zero-order valence-electron chi connectivity index (χ0n) is 22.3. The molecular weight excluding hydrogens is 504 g/mol. The van der Waals surface area contributed by atoms with Crippen LogP contribution in [0.4, 0.5) is 0 Å². The summed E-state index contributed by atoms with van der Waals surface area (Å²) < 4.78 is 4.84. The van der Waals surface area contributed by atoms with Crippen LogP contribution in [0.2, 0.25) is 0 Å². The second-order valence-electron chi connectivity index (χ2n) is 9.61. The first kappa shape index (κ1) is 25.2. The molecule has 3 heterocycles. The number of nitrogens with zero attached hydrogens (tertiary/aromatic N) is 7. The Balaban J connectivity index is 1.36. The zero-order chi connectivity index (χ0) is 27.6. The van der Waals surface area contributed by atoms with Gasteiger partial charge < -0.3 is 4.57 Å². The summed E-state index contributed by atoms with van der Waals surface area (Å²) in [6, 6.07) is 25.9. The number of benzene rings is 3. The van der Waals surface area contributed by atoms with Crippen molar-refractivity contribution in [1.82, 2.24) is 39.3 Å². The Hall–Kier alpha value is -5.12.